The number of hydrogen-bond donors (Lipinski definition) is 0. The van der Waals surface area contributed by atoms with Gasteiger partial charge in [0.1, 0.15) is 0 Å². The minimum Gasteiger partial charge on any atom is -0.466 e. The summed E-state index contributed by atoms with van der Waals surface area (Å²) < 4.78 is 5.32. The topological polar surface area (TPSA) is 26.3 Å². The van der Waals surface area contributed by atoms with Gasteiger partial charge in [-0.2, -0.15) is 0 Å². The summed E-state index contributed by atoms with van der Waals surface area (Å²) in [7, 11) is 0. The van der Waals surface area contributed by atoms with Gasteiger partial charge in [-0.05, 0) is 12.8 Å². The van der Waals surface area contributed by atoms with E-state index in [4.69, 9.17) is 4.74 Å². The van der Waals surface area contributed by atoms with Gasteiger partial charge in [0.25, 0.3) is 0 Å². The summed E-state index contributed by atoms with van der Waals surface area (Å²) in [5, 5.41) is 0. The molecule has 0 N–H and O–H groups in total. The molecular weight excluding hydrogens is 332 g/mol. The molecule has 0 unspecified atom stereocenters. The van der Waals surface area contributed by atoms with E-state index < -0.39 is 0 Å². The highest BCUT2D eigenvalue weighted by Crippen LogP contribution is 2.13. The van der Waals surface area contributed by atoms with Crippen LogP contribution in [0.1, 0.15) is 149 Å². The predicted molar refractivity (Wildman–Crippen MR) is 119 cm³/mol. The maximum Gasteiger partial charge on any atom is 0.305 e. The summed E-state index contributed by atoms with van der Waals surface area (Å²) in [5.41, 5.74) is 0. The molecule has 0 aromatic heterocycles. The highest BCUT2D eigenvalue weighted by Gasteiger charge is 2.02. The standard InChI is InChI=1S/C25H50O2/c1-3-5-7-9-10-11-12-13-14-15-16-17-18-20-22-24-27-25(26)23-21-19-8-6-4-2/h3-24H2,1-2H3. The van der Waals surface area contributed by atoms with Gasteiger partial charge in [0.2, 0.25) is 0 Å². The Labute approximate surface area is 171 Å². The smallest absolute Gasteiger partial charge is 0.305 e. The molecule has 0 aromatic rings. The van der Waals surface area contributed by atoms with Crippen LogP contribution in [0, 0.1) is 0 Å². The molecule has 0 saturated heterocycles. The molecule has 162 valence electrons. The van der Waals surface area contributed by atoms with E-state index in [1.165, 1.54) is 116 Å². The Hall–Kier alpha value is -0.530. The molecule has 0 atom stereocenters. The zero-order valence-electron chi connectivity index (χ0n) is 18.9. The molecule has 0 aromatic carbocycles. The zero-order valence-corrected chi connectivity index (χ0v) is 18.9. The lowest BCUT2D eigenvalue weighted by Crippen LogP contribution is -2.05. The largest absolute Gasteiger partial charge is 0.466 e. The molecule has 0 fully saturated rings. The summed E-state index contributed by atoms with van der Waals surface area (Å²) in [5.74, 6) is 0.0110. The number of rotatable bonds is 22. The Morgan fingerprint density at radius 2 is 0.815 bits per heavy atom. The average Bonchev–Trinajstić information content (AvgIpc) is 2.67. The second-order valence-electron chi connectivity index (χ2n) is 8.33. The molecule has 0 rings (SSSR count). The maximum absolute atomic E-state index is 11.6. The van der Waals surface area contributed by atoms with Crippen molar-refractivity contribution in [2.75, 3.05) is 6.61 Å². The third kappa shape index (κ3) is 23.4. The molecule has 0 heterocycles. The number of unbranched alkanes of at least 4 members (excludes halogenated alkanes) is 18. The lowest BCUT2D eigenvalue weighted by atomic mass is 10.0. The van der Waals surface area contributed by atoms with E-state index in [1.54, 1.807) is 0 Å². The summed E-state index contributed by atoms with van der Waals surface area (Å²) in [6.45, 7) is 5.13. The van der Waals surface area contributed by atoms with Gasteiger partial charge in [-0.15, -0.1) is 0 Å². The van der Waals surface area contributed by atoms with Crippen LogP contribution in [0.2, 0.25) is 0 Å². The quantitative estimate of drug-likeness (QED) is 0.138. The Bertz CT molecular complexity index is 288. The Morgan fingerprint density at radius 3 is 1.22 bits per heavy atom. The molecule has 0 radical (unpaired) electrons. The first-order valence-electron chi connectivity index (χ1n) is 12.5. The summed E-state index contributed by atoms with van der Waals surface area (Å²) >= 11 is 0. The number of esters is 1. The lowest BCUT2D eigenvalue weighted by Gasteiger charge is -2.05. The van der Waals surface area contributed by atoms with Crippen molar-refractivity contribution < 1.29 is 9.53 Å². The molecule has 27 heavy (non-hydrogen) atoms. The first-order chi connectivity index (χ1) is 13.3. The third-order valence-corrected chi connectivity index (χ3v) is 5.50. The number of ether oxygens (including phenoxy) is 1. The van der Waals surface area contributed by atoms with Crippen molar-refractivity contribution in [2.45, 2.75) is 149 Å². The van der Waals surface area contributed by atoms with Gasteiger partial charge >= 0.3 is 5.97 Å². The van der Waals surface area contributed by atoms with Crippen molar-refractivity contribution in [3.8, 4) is 0 Å². The monoisotopic (exact) mass is 382 g/mol. The highest BCUT2D eigenvalue weighted by atomic mass is 16.5. The first-order valence-corrected chi connectivity index (χ1v) is 12.5. The van der Waals surface area contributed by atoms with Crippen LogP contribution in [0.4, 0.5) is 0 Å². The first kappa shape index (κ1) is 26.5. The van der Waals surface area contributed by atoms with Crippen LogP contribution in [0.25, 0.3) is 0 Å². The van der Waals surface area contributed by atoms with Crippen molar-refractivity contribution in [1.29, 1.82) is 0 Å². The van der Waals surface area contributed by atoms with Crippen molar-refractivity contribution >= 4 is 5.97 Å². The lowest BCUT2D eigenvalue weighted by molar-refractivity contribution is -0.143. The fraction of sp³-hybridized carbons (Fsp3) is 0.960. The molecule has 2 nitrogen and oxygen atoms in total. The minimum absolute atomic E-state index is 0.0110. The van der Waals surface area contributed by atoms with Crippen LogP contribution >= 0.6 is 0 Å². The van der Waals surface area contributed by atoms with Crippen molar-refractivity contribution in [1.82, 2.24) is 0 Å². The summed E-state index contributed by atoms with van der Waals surface area (Å²) in [4.78, 5) is 11.6. The van der Waals surface area contributed by atoms with E-state index in [2.05, 4.69) is 13.8 Å². The summed E-state index contributed by atoms with van der Waals surface area (Å²) in [6.07, 6.45) is 27.1. The maximum atomic E-state index is 11.6. The van der Waals surface area contributed by atoms with E-state index in [1.807, 2.05) is 0 Å². The highest BCUT2D eigenvalue weighted by molar-refractivity contribution is 5.69. The predicted octanol–water partition coefficient (Wildman–Crippen LogP) is 8.76. The van der Waals surface area contributed by atoms with E-state index in [0.717, 1.165) is 12.8 Å². The Kier molecular flexibility index (Phi) is 23.0. The van der Waals surface area contributed by atoms with Crippen LogP contribution in [0.15, 0.2) is 0 Å². The van der Waals surface area contributed by atoms with Crippen LogP contribution in [0.3, 0.4) is 0 Å². The SMILES string of the molecule is CCCCCCCCCCCCCCCCCOC(=O)CCCCCCC. The van der Waals surface area contributed by atoms with E-state index in [-0.39, 0.29) is 5.97 Å². The number of carbonyl (C=O) groups is 1. The number of hydrogen-bond acceptors (Lipinski definition) is 2. The molecule has 0 aliphatic heterocycles. The molecule has 0 aliphatic carbocycles. The molecule has 2 heteroatoms. The zero-order chi connectivity index (χ0) is 19.8. The van der Waals surface area contributed by atoms with Gasteiger partial charge in [0, 0.05) is 6.42 Å². The van der Waals surface area contributed by atoms with Crippen LogP contribution in [-0.2, 0) is 9.53 Å². The van der Waals surface area contributed by atoms with Gasteiger partial charge in [-0.3, -0.25) is 4.79 Å². The van der Waals surface area contributed by atoms with E-state index in [9.17, 15) is 4.79 Å². The fourth-order valence-corrected chi connectivity index (χ4v) is 3.60. The van der Waals surface area contributed by atoms with Crippen LogP contribution in [0.5, 0.6) is 0 Å². The van der Waals surface area contributed by atoms with E-state index >= 15 is 0 Å². The fourth-order valence-electron chi connectivity index (χ4n) is 3.60. The molecule has 0 spiro atoms. The van der Waals surface area contributed by atoms with Gasteiger partial charge in [-0.1, -0.05) is 129 Å². The van der Waals surface area contributed by atoms with Gasteiger partial charge in [0.15, 0.2) is 0 Å². The van der Waals surface area contributed by atoms with Crippen molar-refractivity contribution in [2.24, 2.45) is 0 Å². The Morgan fingerprint density at radius 1 is 0.481 bits per heavy atom. The van der Waals surface area contributed by atoms with Crippen molar-refractivity contribution in [3.63, 3.8) is 0 Å². The van der Waals surface area contributed by atoms with Crippen LogP contribution < -0.4 is 0 Å². The molecule has 0 saturated carbocycles. The second-order valence-corrected chi connectivity index (χ2v) is 8.33. The summed E-state index contributed by atoms with van der Waals surface area (Å²) in [6, 6.07) is 0. The minimum atomic E-state index is 0.0110. The Balaban J connectivity index is 3.09. The molecule has 0 bridgehead atoms. The van der Waals surface area contributed by atoms with E-state index in [0.29, 0.717) is 13.0 Å². The van der Waals surface area contributed by atoms with Crippen LogP contribution in [-0.4, -0.2) is 12.6 Å². The van der Waals surface area contributed by atoms with Gasteiger partial charge in [0.05, 0.1) is 6.61 Å². The molecular formula is C25H50O2. The average molecular weight is 383 g/mol. The van der Waals surface area contributed by atoms with Gasteiger partial charge < -0.3 is 4.74 Å². The van der Waals surface area contributed by atoms with Gasteiger partial charge in [-0.25, -0.2) is 0 Å². The number of carbonyl (C=O) groups excluding carboxylic acids is 1. The molecule has 0 amide bonds. The second kappa shape index (κ2) is 23.5. The normalized spacial score (nSPS) is 11.0. The third-order valence-electron chi connectivity index (χ3n) is 5.50. The van der Waals surface area contributed by atoms with Crippen molar-refractivity contribution in [3.05, 3.63) is 0 Å². The molecule has 0 aliphatic rings.